The quantitative estimate of drug-likeness (QED) is 0.669. The second-order valence-corrected chi connectivity index (χ2v) is 5.90. The van der Waals surface area contributed by atoms with Crippen LogP contribution in [0.1, 0.15) is 21.6 Å². The fourth-order valence-corrected chi connectivity index (χ4v) is 2.54. The Morgan fingerprint density at radius 3 is 2.57 bits per heavy atom. The maximum Gasteiger partial charge on any atom is 0.416 e. The molecule has 0 unspecified atom stereocenters. The van der Waals surface area contributed by atoms with Gasteiger partial charge in [-0.05, 0) is 25.1 Å². The van der Waals surface area contributed by atoms with E-state index >= 15 is 0 Å². The highest BCUT2D eigenvalue weighted by Gasteiger charge is 2.31. The third-order valence-corrected chi connectivity index (χ3v) is 4.06. The van der Waals surface area contributed by atoms with Crippen LogP contribution in [0.4, 0.5) is 13.2 Å². The number of aromatic nitrogens is 2. The van der Waals surface area contributed by atoms with Crippen LogP contribution in [0, 0.1) is 6.92 Å². The lowest BCUT2D eigenvalue weighted by molar-refractivity contribution is -0.141. The Kier molecular flexibility index (Phi) is 6.79. The van der Waals surface area contributed by atoms with Gasteiger partial charge in [0.15, 0.2) is 0 Å². The van der Waals surface area contributed by atoms with Gasteiger partial charge in [0.2, 0.25) is 0 Å². The fraction of sp³-hybridized carbons (Fsp3) is 0.389. The number of ether oxygens (including phenoxy) is 2. The molecule has 152 valence electrons. The number of hydrogen-bond donors (Lipinski definition) is 0. The highest BCUT2D eigenvalue weighted by molar-refractivity contribution is 5.96. The Labute approximate surface area is 159 Å². The Morgan fingerprint density at radius 2 is 1.96 bits per heavy atom. The summed E-state index contributed by atoms with van der Waals surface area (Å²) in [6, 6.07) is 4.63. The van der Waals surface area contributed by atoms with E-state index in [9.17, 15) is 22.8 Å². The Balaban J connectivity index is 2.34. The van der Waals surface area contributed by atoms with E-state index in [0.717, 1.165) is 12.1 Å². The van der Waals surface area contributed by atoms with Crippen molar-refractivity contribution in [2.24, 2.45) is 0 Å². The number of benzene rings is 1. The molecular formula is C18H20F3N3O4. The van der Waals surface area contributed by atoms with Gasteiger partial charge in [0.05, 0.1) is 42.4 Å². The van der Waals surface area contributed by atoms with Gasteiger partial charge < -0.3 is 14.4 Å². The molecule has 10 heteroatoms. The van der Waals surface area contributed by atoms with E-state index < -0.39 is 23.6 Å². The molecule has 0 aliphatic rings. The molecule has 0 atom stereocenters. The molecule has 0 radical (unpaired) electrons. The van der Waals surface area contributed by atoms with Crippen LogP contribution in [0.25, 0.3) is 5.69 Å². The van der Waals surface area contributed by atoms with Crippen LogP contribution in [-0.4, -0.2) is 60.5 Å². The number of halogens is 3. The molecule has 1 aromatic heterocycles. The molecule has 1 aromatic carbocycles. The van der Waals surface area contributed by atoms with Crippen molar-refractivity contribution in [3.8, 4) is 5.69 Å². The molecule has 0 spiro atoms. The maximum atomic E-state index is 13.0. The Hall–Kier alpha value is -2.88. The van der Waals surface area contributed by atoms with Gasteiger partial charge in [0.25, 0.3) is 5.91 Å². The Morgan fingerprint density at radius 1 is 1.25 bits per heavy atom. The van der Waals surface area contributed by atoms with Crippen molar-refractivity contribution in [3.05, 3.63) is 47.3 Å². The number of hydrogen-bond acceptors (Lipinski definition) is 5. The highest BCUT2D eigenvalue weighted by Crippen LogP contribution is 2.30. The van der Waals surface area contributed by atoms with E-state index in [0.29, 0.717) is 5.69 Å². The SMILES string of the molecule is COCCN(CC(=O)OC)C(=O)c1cnn(-c2cccc(C(F)(F)F)c2)c1C. The summed E-state index contributed by atoms with van der Waals surface area (Å²) in [6.45, 7) is 1.61. The number of carbonyl (C=O) groups is 2. The van der Waals surface area contributed by atoms with Crippen molar-refractivity contribution < 1.29 is 32.2 Å². The van der Waals surface area contributed by atoms with Crippen LogP contribution in [0.2, 0.25) is 0 Å². The first-order chi connectivity index (χ1) is 13.2. The summed E-state index contributed by atoms with van der Waals surface area (Å²) in [5, 5.41) is 4.05. The number of carbonyl (C=O) groups excluding carboxylic acids is 2. The monoisotopic (exact) mass is 399 g/mol. The average molecular weight is 399 g/mol. The van der Waals surface area contributed by atoms with Crippen LogP contribution >= 0.6 is 0 Å². The number of alkyl halides is 3. The van der Waals surface area contributed by atoms with Gasteiger partial charge in [0, 0.05) is 13.7 Å². The molecule has 2 aromatic rings. The summed E-state index contributed by atoms with van der Waals surface area (Å²) in [7, 11) is 2.66. The molecule has 0 saturated carbocycles. The molecule has 0 bridgehead atoms. The zero-order chi connectivity index (χ0) is 20.9. The van der Waals surface area contributed by atoms with Gasteiger partial charge in [0.1, 0.15) is 6.54 Å². The van der Waals surface area contributed by atoms with Crippen LogP contribution in [0.15, 0.2) is 30.5 Å². The molecule has 0 aliphatic carbocycles. The van der Waals surface area contributed by atoms with Gasteiger partial charge in [-0.25, -0.2) is 4.68 Å². The first-order valence-corrected chi connectivity index (χ1v) is 8.26. The Bertz CT molecular complexity index is 849. The van der Waals surface area contributed by atoms with Gasteiger partial charge in [-0.2, -0.15) is 18.3 Å². The second kappa shape index (κ2) is 8.87. The van der Waals surface area contributed by atoms with E-state index in [1.807, 2.05) is 0 Å². The van der Waals surface area contributed by atoms with E-state index in [2.05, 4.69) is 9.84 Å². The lowest BCUT2D eigenvalue weighted by Crippen LogP contribution is -2.38. The van der Waals surface area contributed by atoms with Crippen molar-refractivity contribution in [2.75, 3.05) is 33.9 Å². The van der Waals surface area contributed by atoms with Crippen molar-refractivity contribution in [3.63, 3.8) is 0 Å². The summed E-state index contributed by atoms with van der Waals surface area (Å²) >= 11 is 0. The number of amides is 1. The topological polar surface area (TPSA) is 73.7 Å². The molecule has 0 saturated heterocycles. The second-order valence-electron chi connectivity index (χ2n) is 5.90. The number of esters is 1. The first kappa shape index (κ1) is 21.4. The first-order valence-electron chi connectivity index (χ1n) is 8.26. The largest absolute Gasteiger partial charge is 0.468 e. The summed E-state index contributed by atoms with van der Waals surface area (Å²) in [6.07, 6.45) is -3.23. The van der Waals surface area contributed by atoms with Crippen LogP contribution in [0.5, 0.6) is 0 Å². The van der Waals surface area contributed by atoms with E-state index in [-0.39, 0.29) is 30.9 Å². The zero-order valence-electron chi connectivity index (χ0n) is 15.6. The lowest BCUT2D eigenvalue weighted by Gasteiger charge is -2.21. The summed E-state index contributed by atoms with van der Waals surface area (Å²) in [5.41, 5.74) is -0.142. The number of nitrogens with zero attached hydrogens (tertiary/aromatic N) is 3. The lowest BCUT2D eigenvalue weighted by atomic mass is 10.2. The standard InChI is InChI=1S/C18H20F3N3O4/c1-12-15(17(26)23(7-8-27-2)11-16(25)28-3)10-22-24(12)14-6-4-5-13(9-14)18(19,20)21/h4-6,9-10H,7-8,11H2,1-3H3. The van der Waals surface area contributed by atoms with Crippen molar-refractivity contribution in [1.82, 2.24) is 14.7 Å². The van der Waals surface area contributed by atoms with Gasteiger partial charge in [-0.15, -0.1) is 0 Å². The molecule has 28 heavy (non-hydrogen) atoms. The van der Waals surface area contributed by atoms with Crippen molar-refractivity contribution >= 4 is 11.9 Å². The minimum absolute atomic E-state index is 0.138. The normalized spacial score (nSPS) is 11.4. The minimum Gasteiger partial charge on any atom is -0.468 e. The molecule has 2 rings (SSSR count). The third kappa shape index (κ3) is 4.89. The molecule has 0 N–H and O–H groups in total. The minimum atomic E-state index is -4.49. The number of rotatable bonds is 7. The number of methoxy groups -OCH3 is 2. The molecule has 0 aliphatic heterocycles. The average Bonchev–Trinajstić information content (AvgIpc) is 3.05. The van der Waals surface area contributed by atoms with Gasteiger partial charge >= 0.3 is 12.1 Å². The van der Waals surface area contributed by atoms with Gasteiger partial charge in [-0.1, -0.05) is 6.07 Å². The highest BCUT2D eigenvalue weighted by atomic mass is 19.4. The van der Waals surface area contributed by atoms with Crippen molar-refractivity contribution in [2.45, 2.75) is 13.1 Å². The molecule has 0 fully saturated rings. The summed E-state index contributed by atoms with van der Waals surface area (Å²) < 4.78 is 49.6. The van der Waals surface area contributed by atoms with E-state index in [1.54, 1.807) is 6.92 Å². The summed E-state index contributed by atoms with van der Waals surface area (Å²) in [5.74, 6) is -1.11. The van der Waals surface area contributed by atoms with E-state index in [1.165, 1.54) is 42.1 Å². The van der Waals surface area contributed by atoms with Crippen LogP contribution < -0.4 is 0 Å². The predicted molar refractivity (Wildman–Crippen MR) is 93.1 cm³/mol. The third-order valence-electron chi connectivity index (χ3n) is 4.06. The molecule has 1 amide bonds. The maximum absolute atomic E-state index is 13.0. The zero-order valence-corrected chi connectivity index (χ0v) is 15.6. The fourth-order valence-electron chi connectivity index (χ4n) is 2.54. The predicted octanol–water partition coefficient (Wildman–Crippen LogP) is 2.46. The van der Waals surface area contributed by atoms with Crippen molar-refractivity contribution in [1.29, 1.82) is 0 Å². The van der Waals surface area contributed by atoms with Crippen LogP contribution in [0.3, 0.4) is 0 Å². The van der Waals surface area contributed by atoms with Gasteiger partial charge in [-0.3, -0.25) is 9.59 Å². The molecular weight excluding hydrogens is 379 g/mol. The molecule has 1 heterocycles. The summed E-state index contributed by atoms with van der Waals surface area (Å²) in [4.78, 5) is 25.6. The van der Waals surface area contributed by atoms with E-state index in [4.69, 9.17) is 4.74 Å². The smallest absolute Gasteiger partial charge is 0.416 e. The molecule has 7 nitrogen and oxygen atoms in total. The van der Waals surface area contributed by atoms with Crippen LogP contribution in [-0.2, 0) is 20.4 Å².